The van der Waals surface area contributed by atoms with Gasteiger partial charge in [-0.25, -0.2) is 24.1 Å². The van der Waals surface area contributed by atoms with Crippen LogP contribution in [-0.4, -0.2) is 22.8 Å². The standard InChI is InChI=1S/C12H22BrNP.ClHO4/c1-15(2,14)12-6-9-3-10(7-12)5-11(13,4-9)8-12;2-1(3,4)5/h9-10H,3-8,14H2,1-2H3;(H,2,3,4,5)/q+1;/p-1. The maximum atomic E-state index is 8.49. The van der Waals surface area contributed by atoms with E-state index < -0.39 is 17.7 Å². The minimum atomic E-state index is -4.94. The van der Waals surface area contributed by atoms with Crippen molar-refractivity contribution in [1.29, 1.82) is 0 Å². The third kappa shape index (κ3) is 3.85. The van der Waals surface area contributed by atoms with Crippen LogP contribution in [0, 0.1) is 22.1 Å². The van der Waals surface area contributed by atoms with Crippen LogP contribution in [0.25, 0.3) is 0 Å². The van der Waals surface area contributed by atoms with E-state index >= 15 is 0 Å². The van der Waals surface area contributed by atoms with Crippen molar-refractivity contribution in [3.63, 3.8) is 0 Å². The van der Waals surface area contributed by atoms with E-state index in [0.29, 0.717) is 9.48 Å². The van der Waals surface area contributed by atoms with Crippen molar-refractivity contribution in [3.05, 3.63) is 0 Å². The van der Waals surface area contributed by atoms with Crippen LogP contribution >= 0.6 is 23.3 Å². The minimum absolute atomic E-state index is 0.480. The van der Waals surface area contributed by atoms with Crippen molar-refractivity contribution in [2.75, 3.05) is 13.3 Å². The van der Waals surface area contributed by atoms with Crippen LogP contribution < -0.4 is 24.1 Å². The first-order valence-corrected chi connectivity index (χ1v) is 11.5. The van der Waals surface area contributed by atoms with Gasteiger partial charge in [0, 0.05) is 10.7 Å². The normalized spacial score (nSPS) is 43.2. The van der Waals surface area contributed by atoms with Crippen LogP contribution in [0.3, 0.4) is 0 Å². The molecule has 2 atom stereocenters. The molecule has 0 aromatic rings. The monoisotopic (exact) mass is 389 g/mol. The summed E-state index contributed by atoms with van der Waals surface area (Å²) in [6.07, 6.45) is 8.58. The first-order valence-electron chi connectivity index (χ1n) is 6.75. The van der Waals surface area contributed by atoms with E-state index in [2.05, 4.69) is 29.3 Å². The van der Waals surface area contributed by atoms with Crippen molar-refractivity contribution in [2.45, 2.75) is 48.0 Å². The number of halogens is 2. The van der Waals surface area contributed by atoms with E-state index in [-0.39, 0.29) is 0 Å². The Hall–Kier alpha value is 1.000. The predicted molar refractivity (Wildman–Crippen MR) is 72.0 cm³/mol. The molecule has 4 aliphatic carbocycles. The molecule has 0 spiro atoms. The molecule has 20 heavy (non-hydrogen) atoms. The number of alkyl halides is 1. The number of hydrogen-bond donors (Lipinski definition) is 1. The average Bonchev–Trinajstić information content (AvgIpc) is 2.07. The van der Waals surface area contributed by atoms with Crippen molar-refractivity contribution in [2.24, 2.45) is 17.3 Å². The fourth-order valence-corrected chi connectivity index (χ4v) is 8.61. The molecule has 4 saturated carbocycles. The first-order chi connectivity index (χ1) is 8.82. The summed E-state index contributed by atoms with van der Waals surface area (Å²) in [5, 5.41) is 0.542. The van der Waals surface area contributed by atoms with Crippen LogP contribution in [-0.2, 0) is 0 Å². The third-order valence-electron chi connectivity index (χ3n) is 5.18. The molecule has 2 N–H and O–H groups in total. The summed E-state index contributed by atoms with van der Waals surface area (Å²) in [6, 6.07) is 0. The number of rotatable bonds is 1. The Labute approximate surface area is 131 Å². The van der Waals surface area contributed by atoms with E-state index in [9.17, 15) is 0 Å². The van der Waals surface area contributed by atoms with E-state index in [1.54, 1.807) is 0 Å². The quantitative estimate of drug-likeness (QED) is 0.449. The summed E-state index contributed by atoms with van der Waals surface area (Å²) >= 11 is 4.05. The smallest absolute Gasteiger partial charge is 0.0964 e. The third-order valence-corrected chi connectivity index (χ3v) is 9.08. The maximum Gasteiger partial charge on any atom is 0.0964 e. The highest BCUT2D eigenvalue weighted by Gasteiger charge is 2.64. The van der Waals surface area contributed by atoms with Crippen LogP contribution in [0.5, 0.6) is 0 Å². The fourth-order valence-electron chi connectivity index (χ4n) is 4.78. The molecule has 0 aromatic carbocycles. The molecule has 0 aliphatic heterocycles. The van der Waals surface area contributed by atoms with Crippen molar-refractivity contribution >= 4 is 23.3 Å². The highest BCUT2D eigenvalue weighted by atomic mass is 79.9. The first kappa shape index (κ1) is 17.4. The Morgan fingerprint density at radius 3 is 1.75 bits per heavy atom. The number of nitrogens with two attached hydrogens (primary N) is 1. The predicted octanol–water partition coefficient (Wildman–Crippen LogP) is -1.13. The Balaban J connectivity index is 0.000000257. The second-order valence-corrected chi connectivity index (χ2v) is 13.7. The molecule has 0 heterocycles. The van der Waals surface area contributed by atoms with E-state index in [1.165, 1.54) is 38.5 Å². The van der Waals surface area contributed by atoms with Crippen LogP contribution in [0.2, 0.25) is 0 Å². The van der Waals surface area contributed by atoms with Gasteiger partial charge in [0.2, 0.25) is 0 Å². The zero-order valence-corrected chi connectivity index (χ0v) is 15.0. The van der Waals surface area contributed by atoms with E-state index in [0.717, 1.165) is 11.8 Å². The Morgan fingerprint density at radius 1 is 1.05 bits per heavy atom. The zero-order valence-electron chi connectivity index (χ0n) is 11.8. The van der Waals surface area contributed by atoms with Gasteiger partial charge < -0.3 is 0 Å². The Bertz CT molecular complexity index is 365. The van der Waals surface area contributed by atoms with Gasteiger partial charge in [0.05, 0.1) is 25.9 Å². The van der Waals surface area contributed by atoms with Gasteiger partial charge in [-0.3, -0.25) is 0 Å². The second kappa shape index (κ2) is 5.27. The van der Waals surface area contributed by atoms with E-state index in [1.807, 2.05) is 0 Å². The van der Waals surface area contributed by atoms with E-state index in [4.69, 9.17) is 24.1 Å². The van der Waals surface area contributed by atoms with Gasteiger partial charge in [-0.2, -0.15) is 0 Å². The lowest BCUT2D eigenvalue weighted by molar-refractivity contribution is -2.00. The van der Waals surface area contributed by atoms with Gasteiger partial charge in [0.15, 0.2) is 0 Å². The minimum Gasteiger partial charge on any atom is -0.222 e. The molecule has 0 aromatic heterocycles. The lowest BCUT2D eigenvalue weighted by Gasteiger charge is -2.60. The van der Waals surface area contributed by atoms with Crippen molar-refractivity contribution < 1.29 is 28.9 Å². The molecule has 4 fully saturated rings. The summed E-state index contributed by atoms with van der Waals surface area (Å²) in [6.45, 7) is 4.72. The summed E-state index contributed by atoms with van der Waals surface area (Å²) < 4.78 is 34.5. The average molecular weight is 391 g/mol. The summed E-state index contributed by atoms with van der Waals surface area (Å²) in [7, 11) is -6.13. The molecular weight excluding hydrogens is 368 g/mol. The molecule has 4 bridgehead atoms. The fraction of sp³-hybridized carbons (Fsp3) is 1.00. The molecule has 0 amide bonds. The molecule has 0 radical (unpaired) electrons. The highest BCUT2D eigenvalue weighted by molar-refractivity contribution is 9.10. The molecule has 2 unspecified atom stereocenters. The second-order valence-electron chi connectivity index (χ2n) is 7.25. The molecule has 0 saturated heterocycles. The van der Waals surface area contributed by atoms with Crippen LogP contribution in [0.15, 0.2) is 0 Å². The number of hydrogen-bond acceptors (Lipinski definition) is 5. The van der Waals surface area contributed by atoms with Crippen molar-refractivity contribution in [3.8, 4) is 0 Å². The van der Waals surface area contributed by atoms with Crippen LogP contribution in [0.4, 0.5) is 0 Å². The summed E-state index contributed by atoms with van der Waals surface area (Å²) in [5.41, 5.74) is 6.58. The van der Waals surface area contributed by atoms with Gasteiger partial charge >= 0.3 is 0 Å². The molecule has 5 nitrogen and oxygen atoms in total. The van der Waals surface area contributed by atoms with Gasteiger partial charge in [-0.05, 0) is 43.9 Å². The molecule has 118 valence electrons. The highest BCUT2D eigenvalue weighted by Crippen LogP contribution is 2.74. The lowest BCUT2D eigenvalue weighted by atomic mass is 9.56. The Kier molecular flexibility index (Phi) is 4.58. The zero-order chi connectivity index (χ0) is 15.4. The van der Waals surface area contributed by atoms with Gasteiger partial charge in [-0.15, -0.1) is 10.2 Å². The Morgan fingerprint density at radius 2 is 1.45 bits per heavy atom. The molecule has 4 aliphatic rings. The topological polar surface area (TPSA) is 118 Å². The van der Waals surface area contributed by atoms with Gasteiger partial charge in [-0.1, -0.05) is 15.9 Å². The van der Waals surface area contributed by atoms with Crippen LogP contribution in [0.1, 0.15) is 38.5 Å². The molecule has 8 heteroatoms. The maximum absolute atomic E-state index is 8.49. The lowest BCUT2D eigenvalue weighted by Crippen LogP contribution is -2.68. The summed E-state index contributed by atoms with van der Waals surface area (Å²) in [4.78, 5) is 0. The summed E-state index contributed by atoms with van der Waals surface area (Å²) in [5.74, 6) is 1.96. The van der Waals surface area contributed by atoms with Crippen molar-refractivity contribution in [1.82, 2.24) is 0 Å². The van der Waals surface area contributed by atoms with Gasteiger partial charge in [0.1, 0.15) is 0 Å². The molecule has 4 rings (SSSR count). The largest absolute Gasteiger partial charge is 0.222 e. The SMILES string of the molecule is C[P+](C)(N)C12CC3CC(CC(Br)(C3)C1)C2.[O-][Cl+3]([O-])([O-])[O-]. The van der Waals surface area contributed by atoms with Gasteiger partial charge in [0.25, 0.3) is 0 Å². The molecular formula is C12H22BrClNO4P.